The van der Waals surface area contributed by atoms with Crippen LogP contribution in [-0.2, 0) is 0 Å². The molecule has 2 rings (SSSR count). The number of carbonyl (C=O) groups is 1. The summed E-state index contributed by atoms with van der Waals surface area (Å²) < 4.78 is 0. The Kier molecular flexibility index (Phi) is 3.39. The first-order chi connectivity index (χ1) is 9.23. The quantitative estimate of drug-likeness (QED) is 0.566. The van der Waals surface area contributed by atoms with Gasteiger partial charge in [0, 0.05) is 23.1 Å². The Labute approximate surface area is 115 Å². The number of anilines is 1. The van der Waals surface area contributed by atoms with Crippen LogP contribution in [0.4, 0.5) is 11.4 Å². The van der Waals surface area contributed by atoms with Gasteiger partial charge in [-0.15, -0.1) is 0 Å². The lowest BCUT2D eigenvalue weighted by molar-refractivity contribution is -0.384. The van der Waals surface area contributed by atoms with E-state index in [9.17, 15) is 20.0 Å². The summed E-state index contributed by atoms with van der Waals surface area (Å²) in [5.74, 6) is -0.643. The number of nitro benzene ring substituents is 1. The van der Waals surface area contributed by atoms with Crippen molar-refractivity contribution in [3.63, 3.8) is 0 Å². The third kappa shape index (κ3) is 2.32. The number of nitrogens with two attached hydrogens (primary N) is 1. The fourth-order valence-electron chi connectivity index (χ4n) is 2.30. The molecule has 1 amide bonds. The van der Waals surface area contributed by atoms with Gasteiger partial charge in [0.15, 0.2) is 0 Å². The highest BCUT2D eigenvalue weighted by atomic mass is 16.6. The van der Waals surface area contributed by atoms with E-state index in [2.05, 4.69) is 5.32 Å². The molecule has 0 heterocycles. The van der Waals surface area contributed by atoms with Crippen molar-refractivity contribution in [3.05, 3.63) is 33.9 Å². The van der Waals surface area contributed by atoms with Crippen molar-refractivity contribution >= 4 is 17.3 Å². The number of nitrogens with zero attached hydrogens (tertiary/aromatic N) is 1. The summed E-state index contributed by atoms with van der Waals surface area (Å²) in [6, 6.07) is 3.86. The Balaban J connectivity index is 2.32. The summed E-state index contributed by atoms with van der Waals surface area (Å²) in [7, 11) is 0. The minimum absolute atomic E-state index is 0.0978. The molecule has 2 atom stereocenters. The molecule has 0 bridgehead atoms. The molecule has 0 aromatic heterocycles. The molecule has 0 radical (unpaired) electrons. The number of nitrogens with one attached hydrogen (secondary N) is 1. The van der Waals surface area contributed by atoms with Gasteiger partial charge in [-0.05, 0) is 18.6 Å². The topological polar surface area (TPSA) is 118 Å². The Morgan fingerprint density at radius 1 is 1.55 bits per heavy atom. The Morgan fingerprint density at radius 3 is 2.65 bits per heavy atom. The highest BCUT2D eigenvalue weighted by Gasteiger charge is 2.47. The van der Waals surface area contributed by atoms with Gasteiger partial charge in [-0.3, -0.25) is 14.9 Å². The smallest absolute Gasteiger partial charge is 0.292 e. The maximum Gasteiger partial charge on any atom is 0.292 e. The van der Waals surface area contributed by atoms with Crippen LogP contribution in [0.25, 0.3) is 0 Å². The van der Waals surface area contributed by atoms with Crippen molar-refractivity contribution in [1.82, 2.24) is 0 Å². The van der Waals surface area contributed by atoms with E-state index in [4.69, 9.17) is 5.73 Å². The molecule has 1 aliphatic rings. The third-order valence-electron chi connectivity index (χ3n) is 4.02. The monoisotopic (exact) mass is 279 g/mol. The largest absolute Gasteiger partial charge is 0.392 e. The summed E-state index contributed by atoms with van der Waals surface area (Å²) in [6.45, 7) is 3.76. The van der Waals surface area contributed by atoms with E-state index in [-0.39, 0.29) is 28.4 Å². The van der Waals surface area contributed by atoms with Gasteiger partial charge < -0.3 is 16.2 Å². The molecule has 1 fully saturated rings. The predicted molar refractivity (Wildman–Crippen MR) is 73.4 cm³/mol. The van der Waals surface area contributed by atoms with Crippen LogP contribution < -0.4 is 11.1 Å². The Hall–Kier alpha value is -2.15. The van der Waals surface area contributed by atoms with Crippen LogP contribution >= 0.6 is 0 Å². The molecule has 1 aromatic rings. The van der Waals surface area contributed by atoms with Crippen molar-refractivity contribution < 1.29 is 14.8 Å². The van der Waals surface area contributed by atoms with E-state index in [0.717, 1.165) is 0 Å². The zero-order valence-electron chi connectivity index (χ0n) is 11.3. The summed E-state index contributed by atoms with van der Waals surface area (Å²) in [4.78, 5) is 21.7. The third-order valence-corrected chi connectivity index (χ3v) is 4.02. The molecule has 0 spiro atoms. The maximum atomic E-state index is 11.2. The minimum Gasteiger partial charge on any atom is -0.392 e. The van der Waals surface area contributed by atoms with E-state index < -0.39 is 16.9 Å². The molecule has 0 saturated heterocycles. The van der Waals surface area contributed by atoms with Crippen molar-refractivity contribution in [2.45, 2.75) is 32.4 Å². The fraction of sp³-hybridized carbons (Fsp3) is 0.462. The van der Waals surface area contributed by atoms with Crippen LogP contribution in [0.2, 0.25) is 0 Å². The number of nitro groups is 1. The van der Waals surface area contributed by atoms with Gasteiger partial charge in [-0.1, -0.05) is 13.8 Å². The average molecular weight is 279 g/mol. The number of hydrogen-bond acceptors (Lipinski definition) is 5. The first-order valence-corrected chi connectivity index (χ1v) is 6.26. The minimum atomic E-state index is -0.643. The van der Waals surface area contributed by atoms with Gasteiger partial charge in [0.1, 0.15) is 5.69 Å². The second-order valence-corrected chi connectivity index (χ2v) is 5.62. The summed E-state index contributed by atoms with van der Waals surface area (Å²) in [6.07, 6.45) is 0.0590. The van der Waals surface area contributed by atoms with E-state index in [1.807, 2.05) is 13.8 Å². The van der Waals surface area contributed by atoms with Crippen LogP contribution in [-0.4, -0.2) is 28.1 Å². The predicted octanol–water partition coefficient (Wildman–Crippen LogP) is 1.26. The van der Waals surface area contributed by atoms with Crippen LogP contribution in [0.15, 0.2) is 18.2 Å². The molecular formula is C13H17N3O4. The maximum absolute atomic E-state index is 11.2. The van der Waals surface area contributed by atoms with Crippen LogP contribution in [0.5, 0.6) is 0 Å². The van der Waals surface area contributed by atoms with E-state index in [1.54, 1.807) is 0 Å². The molecule has 1 aliphatic carbocycles. The number of hydrogen-bond donors (Lipinski definition) is 3. The van der Waals surface area contributed by atoms with E-state index in [0.29, 0.717) is 6.42 Å². The summed E-state index contributed by atoms with van der Waals surface area (Å²) in [5, 5.41) is 23.7. The van der Waals surface area contributed by atoms with Gasteiger partial charge in [0.05, 0.1) is 11.0 Å². The van der Waals surface area contributed by atoms with Crippen molar-refractivity contribution in [2.75, 3.05) is 5.32 Å². The molecule has 4 N–H and O–H groups in total. The Bertz CT molecular complexity index is 571. The number of primary amides is 1. The molecule has 20 heavy (non-hydrogen) atoms. The normalized spacial score (nSPS) is 23.8. The van der Waals surface area contributed by atoms with Gasteiger partial charge in [0.25, 0.3) is 5.69 Å². The van der Waals surface area contributed by atoms with E-state index in [1.165, 1.54) is 18.2 Å². The lowest BCUT2D eigenvalue weighted by atomic mass is 9.64. The molecule has 1 aromatic carbocycles. The lowest BCUT2D eigenvalue weighted by Crippen LogP contribution is -2.56. The first kappa shape index (κ1) is 14.3. The number of rotatable bonds is 4. The van der Waals surface area contributed by atoms with Crippen molar-refractivity contribution in [3.8, 4) is 0 Å². The van der Waals surface area contributed by atoms with Crippen LogP contribution in [0.3, 0.4) is 0 Å². The molecule has 7 nitrogen and oxygen atoms in total. The number of aliphatic hydroxyl groups is 1. The van der Waals surface area contributed by atoms with Gasteiger partial charge in [-0.2, -0.15) is 0 Å². The number of aliphatic hydroxyl groups excluding tert-OH is 1. The lowest BCUT2D eigenvalue weighted by Gasteiger charge is -2.49. The second-order valence-electron chi connectivity index (χ2n) is 5.62. The summed E-state index contributed by atoms with van der Waals surface area (Å²) >= 11 is 0. The fourth-order valence-corrected chi connectivity index (χ4v) is 2.30. The van der Waals surface area contributed by atoms with Crippen molar-refractivity contribution in [2.24, 2.45) is 11.1 Å². The standard InChI is InChI=1S/C13H17N3O4/c1-13(2)10(6-11(13)17)15-8-5-7(12(14)18)3-4-9(8)16(19)20/h3-5,10-11,15,17H,6H2,1-2H3,(H2,14,18). The number of benzene rings is 1. The first-order valence-electron chi connectivity index (χ1n) is 6.26. The zero-order chi connectivity index (χ0) is 15.1. The SMILES string of the molecule is CC1(C)C(O)CC1Nc1cc(C(N)=O)ccc1[N+](=O)[O-]. The highest BCUT2D eigenvalue weighted by molar-refractivity contribution is 5.94. The van der Waals surface area contributed by atoms with E-state index >= 15 is 0 Å². The van der Waals surface area contributed by atoms with Crippen LogP contribution in [0, 0.1) is 15.5 Å². The van der Waals surface area contributed by atoms with Gasteiger partial charge in [0.2, 0.25) is 5.91 Å². The summed E-state index contributed by atoms with van der Waals surface area (Å²) in [5.41, 5.74) is 5.14. The zero-order valence-corrected chi connectivity index (χ0v) is 11.3. The van der Waals surface area contributed by atoms with Gasteiger partial charge >= 0.3 is 0 Å². The molecule has 2 unspecified atom stereocenters. The van der Waals surface area contributed by atoms with Crippen molar-refractivity contribution in [1.29, 1.82) is 0 Å². The average Bonchev–Trinajstić information content (AvgIpc) is 2.37. The number of amides is 1. The Morgan fingerprint density at radius 2 is 2.20 bits per heavy atom. The second kappa shape index (κ2) is 4.75. The molecule has 7 heteroatoms. The molecule has 108 valence electrons. The molecular weight excluding hydrogens is 262 g/mol. The molecule has 1 saturated carbocycles. The number of carbonyl (C=O) groups excluding carboxylic acids is 1. The highest BCUT2D eigenvalue weighted by Crippen LogP contribution is 2.43. The van der Waals surface area contributed by atoms with Crippen LogP contribution in [0.1, 0.15) is 30.6 Å². The molecule has 0 aliphatic heterocycles. The van der Waals surface area contributed by atoms with Gasteiger partial charge in [-0.25, -0.2) is 0 Å².